The lowest BCUT2D eigenvalue weighted by Crippen LogP contribution is -2.43. The van der Waals surface area contributed by atoms with Gasteiger partial charge < -0.3 is 14.6 Å². The smallest absolute Gasteiger partial charge is 0.232 e. The van der Waals surface area contributed by atoms with E-state index in [1.54, 1.807) is 35.4 Å². The summed E-state index contributed by atoms with van der Waals surface area (Å²) in [6, 6.07) is 10.0. The number of benzene rings is 1. The largest absolute Gasteiger partial charge is 0.467 e. The Morgan fingerprint density at radius 3 is 2.65 bits per heavy atom. The molecule has 7 heteroatoms. The average molecular weight is 376 g/mol. The van der Waals surface area contributed by atoms with Gasteiger partial charge >= 0.3 is 0 Å². The highest BCUT2D eigenvalue weighted by atomic mass is 32.2. The van der Waals surface area contributed by atoms with Crippen molar-refractivity contribution in [3.63, 3.8) is 0 Å². The van der Waals surface area contributed by atoms with Crippen LogP contribution in [0.1, 0.15) is 18.6 Å². The Morgan fingerprint density at radius 2 is 1.96 bits per heavy atom. The van der Waals surface area contributed by atoms with E-state index in [-0.39, 0.29) is 29.3 Å². The van der Waals surface area contributed by atoms with Crippen molar-refractivity contribution in [1.82, 2.24) is 10.2 Å². The predicted octanol–water partition coefficient (Wildman–Crippen LogP) is 3.07. The Kier molecular flexibility index (Phi) is 6.33. The summed E-state index contributed by atoms with van der Waals surface area (Å²) in [5, 5.41) is 2.87. The van der Waals surface area contributed by atoms with Gasteiger partial charge in [-0.2, -0.15) is 0 Å². The zero-order valence-corrected chi connectivity index (χ0v) is 15.1. The van der Waals surface area contributed by atoms with E-state index in [2.05, 4.69) is 5.32 Å². The fourth-order valence-electron chi connectivity index (χ4n) is 2.92. The van der Waals surface area contributed by atoms with Crippen molar-refractivity contribution in [3.05, 3.63) is 54.2 Å². The molecule has 0 aliphatic carbocycles. The number of thioether (sulfide) groups is 1. The Labute approximate surface area is 155 Å². The normalized spacial score (nSPS) is 15.0. The molecule has 1 saturated heterocycles. The third-order valence-corrected chi connectivity index (χ3v) is 5.46. The molecule has 0 radical (unpaired) electrons. The summed E-state index contributed by atoms with van der Waals surface area (Å²) >= 11 is 1.21. The van der Waals surface area contributed by atoms with Gasteiger partial charge in [0.1, 0.15) is 11.6 Å². The molecule has 26 heavy (non-hydrogen) atoms. The summed E-state index contributed by atoms with van der Waals surface area (Å²) < 4.78 is 18.8. The molecule has 0 saturated carbocycles. The zero-order chi connectivity index (χ0) is 18.4. The van der Waals surface area contributed by atoms with Gasteiger partial charge in [-0.15, -0.1) is 11.8 Å². The predicted molar refractivity (Wildman–Crippen MR) is 97.0 cm³/mol. The monoisotopic (exact) mass is 376 g/mol. The number of amides is 2. The first-order valence-corrected chi connectivity index (χ1v) is 9.57. The van der Waals surface area contributed by atoms with Crippen molar-refractivity contribution in [2.24, 2.45) is 5.92 Å². The maximum atomic E-state index is 13.6. The molecule has 0 spiro atoms. The summed E-state index contributed by atoms with van der Waals surface area (Å²) in [5.74, 6) is 0.500. The number of carbonyl (C=O) groups excluding carboxylic acids is 2. The Bertz CT molecular complexity index is 743. The van der Waals surface area contributed by atoms with Crippen LogP contribution in [0.25, 0.3) is 0 Å². The van der Waals surface area contributed by atoms with Gasteiger partial charge in [-0.1, -0.05) is 12.1 Å². The SMILES string of the molecule is O=C(NCc1ccco1)C1CCN(C(=O)CSc2ccccc2F)CC1. The molecule has 1 aliphatic heterocycles. The second-order valence-corrected chi connectivity index (χ2v) is 7.19. The standard InChI is InChI=1S/C19H21FN2O3S/c20-16-5-1-2-6-17(16)26-13-18(23)22-9-7-14(8-10-22)19(24)21-12-15-4-3-11-25-15/h1-6,11,14H,7-10,12-13H2,(H,21,24). The summed E-state index contributed by atoms with van der Waals surface area (Å²) in [4.78, 5) is 26.8. The van der Waals surface area contributed by atoms with E-state index in [1.165, 1.54) is 17.8 Å². The van der Waals surface area contributed by atoms with Crippen molar-refractivity contribution in [1.29, 1.82) is 0 Å². The lowest BCUT2D eigenvalue weighted by atomic mass is 9.96. The van der Waals surface area contributed by atoms with E-state index in [0.717, 1.165) is 5.76 Å². The summed E-state index contributed by atoms with van der Waals surface area (Å²) in [5.41, 5.74) is 0. The van der Waals surface area contributed by atoms with E-state index >= 15 is 0 Å². The molecule has 2 aromatic rings. The lowest BCUT2D eigenvalue weighted by molar-refractivity contribution is -0.133. The van der Waals surface area contributed by atoms with Crippen molar-refractivity contribution in [3.8, 4) is 0 Å². The first kappa shape index (κ1) is 18.5. The quantitative estimate of drug-likeness (QED) is 0.787. The van der Waals surface area contributed by atoms with Crippen LogP contribution in [0.15, 0.2) is 52.0 Å². The number of piperidine rings is 1. The van der Waals surface area contributed by atoms with Crippen LogP contribution in [0, 0.1) is 11.7 Å². The molecule has 3 rings (SSSR count). The molecular weight excluding hydrogens is 355 g/mol. The number of halogens is 1. The Balaban J connectivity index is 1.40. The molecule has 0 atom stereocenters. The van der Waals surface area contributed by atoms with Gasteiger partial charge in [0.15, 0.2) is 0 Å². The Hall–Kier alpha value is -2.28. The topological polar surface area (TPSA) is 62.6 Å². The number of furan rings is 1. The van der Waals surface area contributed by atoms with Crippen LogP contribution in [0.2, 0.25) is 0 Å². The molecule has 1 aliphatic rings. The number of nitrogens with one attached hydrogen (secondary N) is 1. The maximum absolute atomic E-state index is 13.6. The van der Waals surface area contributed by atoms with Gasteiger partial charge in [0.05, 0.1) is 18.6 Å². The fourth-order valence-corrected chi connectivity index (χ4v) is 3.76. The van der Waals surface area contributed by atoms with Gasteiger partial charge in [-0.3, -0.25) is 9.59 Å². The third kappa shape index (κ3) is 4.88. The maximum Gasteiger partial charge on any atom is 0.232 e. The highest BCUT2D eigenvalue weighted by molar-refractivity contribution is 8.00. The lowest BCUT2D eigenvalue weighted by Gasteiger charge is -2.31. The first-order chi connectivity index (χ1) is 12.6. The minimum atomic E-state index is -0.308. The van der Waals surface area contributed by atoms with Crippen LogP contribution < -0.4 is 5.32 Å². The van der Waals surface area contributed by atoms with Crippen LogP contribution in [0.4, 0.5) is 4.39 Å². The van der Waals surface area contributed by atoms with E-state index in [1.807, 2.05) is 6.07 Å². The van der Waals surface area contributed by atoms with Gasteiger partial charge in [-0.05, 0) is 37.1 Å². The molecular formula is C19H21FN2O3S. The molecule has 0 bridgehead atoms. The molecule has 138 valence electrons. The third-order valence-electron chi connectivity index (χ3n) is 4.42. The van der Waals surface area contributed by atoms with Gasteiger partial charge in [-0.25, -0.2) is 4.39 Å². The van der Waals surface area contributed by atoms with Crippen LogP contribution in [0.5, 0.6) is 0 Å². The van der Waals surface area contributed by atoms with Gasteiger partial charge in [0.25, 0.3) is 0 Å². The highest BCUT2D eigenvalue weighted by Crippen LogP contribution is 2.23. The number of nitrogens with zero attached hydrogens (tertiary/aromatic N) is 1. The molecule has 0 unspecified atom stereocenters. The fraction of sp³-hybridized carbons (Fsp3) is 0.368. The van der Waals surface area contributed by atoms with Gasteiger partial charge in [0, 0.05) is 23.9 Å². The molecule has 2 heterocycles. The highest BCUT2D eigenvalue weighted by Gasteiger charge is 2.27. The molecule has 1 fully saturated rings. The van der Waals surface area contributed by atoms with Crippen LogP contribution in [-0.2, 0) is 16.1 Å². The van der Waals surface area contributed by atoms with Crippen molar-refractivity contribution < 1.29 is 18.4 Å². The number of carbonyl (C=O) groups is 2. The van der Waals surface area contributed by atoms with E-state index < -0.39 is 0 Å². The second-order valence-electron chi connectivity index (χ2n) is 6.17. The molecule has 1 aromatic heterocycles. The molecule has 5 nitrogen and oxygen atoms in total. The number of hydrogen-bond acceptors (Lipinski definition) is 4. The van der Waals surface area contributed by atoms with Crippen LogP contribution >= 0.6 is 11.8 Å². The number of hydrogen-bond donors (Lipinski definition) is 1. The second kappa shape index (κ2) is 8.89. The number of likely N-dealkylation sites (tertiary alicyclic amines) is 1. The average Bonchev–Trinajstić information content (AvgIpc) is 3.19. The van der Waals surface area contributed by atoms with Gasteiger partial charge in [0.2, 0.25) is 11.8 Å². The van der Waals surface area contributed by atoms with E-state index in [9.17, 15) is 14.0 Å². The van der Waals surface area contributed by atoms with Crippen LogP contribution in [0.3, 0.4) is 0 Å². The first-order valence-electron chi connectivity index (χ1n) is 8.58. The minimum Gasteiger partial charge on any atom is -0.467 e. The minimum absolute atomic E-state index is 0.00534. The van der Waals surface area contributed by atoms with E-state index in [4.69, 9.17) is 4.42 Å². The molecule has 2 amide bonds. The number of rotatable bonds is 6. The van der Waals surface area contributed by atoms with E-state index in [0.29, 0.717) is 37.4 Å². The Morgan fingerprint density at radius 1 is 1.19 bits per heavy atom. The zero-order valence-electron chi connectivity index (χ0n) is 14.3. The summed E-state index contributed by atoms with van der Waals surface area (Å²) in [6.07, 6.45) is 2.85. The van der Waals surface area contributed by atoms with Crippen molar-refractivity contribution in [2.75, 3.05) is 18.8 Å². The van der Waals surface area contributed by atoms with Crippen molar-refractivity contribution >= 4 is 23.6 Å². The summed E-state index contributed by atoms with van der Waals surface area (Å²) in [6.45, 7) is 1.48. The van der Waals surface area contributed by atoms with Crippen molar-refractivity contribution in [2.45, 2.75) is 24.3 Å². The summed E-state index contributed by atoms with van der Waals surface area (Å²) in [7, 11) is 0. The molecule has 1 aromatic carbocycles. The van der Waals surface area contributed by atoms with Crippen LogP contribution in [-0.4, -0.2) is 35.6 Å². The molecule has 1 N–H and O–H groups in total.